The van der Waals surface area contributed by atoms with E-state index in [2.05, 4.69) is 21.8 Å². The van der Waals surface area contributed by atoms with E-state index in [4.69, 9.17) is 16.3 Å². The second kappa shape index (κ2) is 12.2. The second-order valence-electron chi connectivity index (χ2n) is 13.8. The predicted octanol–water partition coefficient (Wildman–Crippen LogP) is 6.20. The van der Waals surface area contributed by atoms with Crippen LogP contribution >= 0.6 is 11.6 Å². The van der Waals surface area contributed by atoms with Crippen LogP contribution in [0.15, 0.2) is 36.4 Å². The molecule has 2 heterocycles. The number of halogens is 1. The van der Waals surface area contributed by atoms with Crippen LogP contribution in [-0.2, 0) is 26.7 Å². The van der Waals surface area contributed by atoms with Crippen LogP contribution in [0, 0.1) is 23.7 Å². The number of sulfonamides is 1. The molecule has 4 aliphatic rings. The summed E-state index contributed by atoms with van der Waals surface area (Å²) in [6.07, 6.45) is 7.36. The van der Waals surface area contributed by atoms with E-state index in [1.807, 2.05) is 13.0 Å². The van der Waals surface area contributed by atoms with Gasteiger partial charge in [0.2, 0.25) is 10.0 Å². The molecule has 2 aliphatic heterocycles. The van der Waals surface area contributed by atoms with Gasteiger partial charge in [-0.05, 0) is 123 Å². The third-order valence-corrected chi connectivity index (χ3v) is 13.1. The van der Waals surface area contributed by atoms with Crippen LogP contribution in [0.1, 0.15) is 86.7 Å². The molecule has 10 heteroatoms. The summed E-state index contributed by atoms with van der Waals surface area (Å²) < 4.78 is 35.6. The maximum atomic E-state index is 13.4. The number of ether oxygens (including phenoxy) is 1. The number of hydrogen-bond acceptors (Lipinski definition) is 6. The number of carbonyl (C=O) groups excluding carboxylic acids is 1. The molecule has 1 fully saturated rings. The highest BCUT2D eigenvalue weighted by Gasteiger charge is 2.44. The third-order valence-electron chi connectivity index (χ3n) is 11.0. The molecule has 1 spiro atoms. The van der Waals surface area contributed by atoms with Gasteiger partial charge in [-0.15, -0.1) is 0 Å². The maximum Gasteiger partial charge on any atom is 0.303 e. The molecule has 2 aromatic rings. The quantitative estimate of drug-likeness (QED) is 0.401. The molecule has 6 rings (SSSR count). The number of carboxylic acids is 1. The number of carbonyl (C=O) groups is 2. The van der Waals surface area contributed by atoms with Crippen molar-refractivity contribution in [2.24, 2.45) is 23.7 Å². The first-order chi connectivity index (χ1) is 20.9. The zero-order valence-electron chi connectivity index (χ0n) is 25.6. The van der Waals surface area contributed by atoms with Gasteiger partial charge in [0.15, 0.2) is 0 Å². The average Bonchev–Trinajstić information content (AvgIpc) is 3.10. The summed E-state index contributed by atoms with van der Waals surface area (Å²) in [5, 5.41) is 9.51. The fourth-order valence-electron chi connectivity index (χ4n) is 8.10. The fourth-order valence-corrected chi connectivity index (χ4v) is 9.58. The molecule has 2 N–H and O–H groups in total. The van der Waals surface area contributed by atoms with E-state index in [9.17, 15) is 23.1 Å². The molecule has 6 atom stereocenters. The van der Waals surface area contributed by atoms with Crippen LogP contribution in [0.25, 0.3) is 0 Å². The van der Waals surface area contributed by atoms with E-state index in [0.717, 1.165) is 68.7 Å². The average molecular weight is 643 g/mol. The van der Waals surface area contributed by atoms with Gasteiger partial charge in [0, 0.05) is 35.5 Å². The Labute approximate surface area is 265 Å². The van der Waals surface area contributed by atoms with E-state index in [1.54, 1.807) is 25.1 Å². The molecule has 2 aromatic carbocycles. The van der Waals surface area contributed by atoms with Gasteiger partial charge in [0.05, 0.1) is 17.5 Å². The van der Waals surface area contributed by atoms with Crippen molar-refractivity contribution < 1.29 is 27.9 Å². The predicted molar refractivity (Wildman–Crippen MR) is 171 cm³/mol. The monoisotopic (exact) mass is 642 g/mol. The Balaban J connectivity index is 1.39. The number of amides is 1. The maximum absolute atomic E-state index is 13.4. The lowest BCUT2D eigenvalue weighted by Crippen LogP contribution is -2.48. The number of benzene rings is 2. The highest BCUT2D eigenvalue weighted by molar-refractivity contribution is 7.90. The number of rotatable bonds is 2. The van der Waals surface area contributed by atoms with Crippen molar-refractivity contribution in [3.63, 3.8) is 0 Å². The Morgan fingerprint density at radius 2 is 1.89 bits per heavy atom. The summed E-state index contributed by atoms with van der Waals surface area (Å²) in [5.41, 5.74) is 3.36. The molecule has 0 radical (unpaired) electrons. The number of aryl methyl sites for hydroxylation is 1. The smallest absolute Gasteiger partial charge is 0.303 e. The van der Waals surface area contributed by atoms with Gasteiger partial charge >= 0.3 is 5.97 Å². The number of anilines is 1. The second-order valence-corrected chi connectivity index (χ2v) is 16.3. The molecular formula is C34H43ClN2O6S. The summed E-state index contributed by atoms with van der Waals surface area (Å²) >= 11 is 6.40. The Kier molecular flexibility index (Phi) is 8.65. The van der Waals surface area contributed by atoms with Crippen molar-refractivity contribution in [2.75, 3.05) is 24.6 Å². The minimum atomic E-state index is -4.00. The van der Waals surface area contributed by atoms with Crippen LogP contribution in [0.5, 0.6) is 5.75 Å². The molecule has 1 amide bonds. The molecule has 2 aliphatic carbocycles. The molecule has 44 heavy (non-hydrogen) atoms. The molecule has 1 saturated carbocycles. The van der Waals surface area contributed by atoms with Crippen LogP contribution in [0.2, 0.25) is 5.02 Å². The zero-order valence-corrected chi connectivity index (χ0v) is 27.1. The van der Waals surface area contributed by atoms with E-state index < -0.39 is 27.1 Å². The fraction of sp³-hybridized carbons (Fsp3) is 0.588. The minimum absolute atomic E-state index is 0.0180. The molecule has 8 nitrogen and oxygen atoms in total. The molecular weight excluding hydrogens is 600 g/mol. The Morgan fingerprint density at radius 3 is 2.64 bits per heavy atom. The van der Waals surface area contributed by atoms with Gasteiger partial charge in [-0.25, -0.2) is 13.1 Å². The first kappa shape index (κ1) is 31.2. The Bertz CT molecular complexity index is 1550. The van der Waals surface area contributed by atoms with E-state index in [-0.39, 0.29) is 29.2 Å². The normalized spacial score (nSPS) is 31.8. The zero-order chi connectivity index (χ0) is 31.2. The van der Waals surface area contributed by atoms with Crippen LogP contribution in [0.3, 0.4) is 0 Å². The third kappa shape index (κ3) is 6.19. The lowest BCUT2D eigenvalue weighted by molar-refractivity contribution is -0.138. The van der Waals surface area contributed by atoms with Gasteiger partial charge in [-0.2, -0.15) is 0 Å². The number of carboxylic acid groups (broad SMARTS) is 1. The van der Waals surface area contributed by atoms with E-state index in [1.165, 1.54) is 11.1 Å². The minimum Gasteiger partial charge on any atom is -0.490 e. The number of nitrogens with zero attached hydrogens (tertiary/aromatic N) is 1. The van der Waals surface area contributed by atoms with E-state index >= 15 is 0 Å². The van der Waals surface area contributed by atoms with Gasteiger partial charge in [0.1, 0.15) is 5.75 Å². The summed E-state index contributed by atoms with van der Waals surface area (Å²) in [6.45, 7) is 5.46. The Morgan fingerprint density at radius 1 is 1.11 bits per heavy atom. The van der Waals surface area contributed by atoms with Gasteiger partial charge in [-0.3, -0.25) is 9.59 Å². The number of aliphatic carboxylic acids is 1. The van der Waals surface area contributed by atoms with Gasteiger partial charge in [-0.1, -0.05) is 24.6 Å². The highest BCUT2D eigenvalue weighted by Crippen LogP contribution is 2.47. The first-order valence-electron chi connectivity index (χ1n) is 16.0. The Hall–Kier alpha value is -2.78. The van der Waals surface area contributed by atoms with Crippen molar-refractivity contribution in [1.29, 1.82) is 0 Å². The summed E-state index contributed by atoms with van der Waals surface area (Å²) in [6, 6.07) is 11.4. The standard InChI is InChI=1S/C34H43ClN2O6S/c1-21-14-23(15-32(38)39)5-6-24-7-8-27(24)18-37-19-34(13-3-4-25-16-28(35)10-11-29(25)34)20-43-31-12-9-26(17-30(31)37)33(40)36-44(41,42)22(21)2/h9-12,16-17,21-24,27H,3-8,13-15,18-20H2,1-2H3,(H,36,40)(H,38,39)/t21-,22+,23+,24+,27-,34-/m0/s1. The largest absolute Gasteiger partial charge is 0.490 e. The summed E-state index contributed by atoms with van der Waals surface area (Å²) in [7, 11) is -4.00. The van der Waals surface area contributed by atoms with Crippen molar-refractivity contribution in [1.82, 2.24) is 4.72 Å². The lowest BCUT2D eigenvalue weighted by Gasteiger charge is -2.45. The molecule has 238 valence electrons. The molecule has 0 aromatic heterocycles. The SMILES string of the molecule is C[C@@H]1[C@@H](C)C[C@H](CC(=O)O)CC[C@@H]2CC[C@H]2CN2C[C@@]3(CCCc4cc(Cl)ccc43)COc3ccc(cc32)C(=O)NS1(=O)=O. The van der Waals surface area contributed by atoms with Crippen molar-refractivity contribution in [3.05, 3.63) is 58.1 Å². The first-order valence-corrected chi connectivity index (χ1v) is 17.9. The molecule has 2 bridgehead atoms. The highest BCUT2D eigenvalue weighted by atomic mass is 35.5. The van der Waals surface area contributed by atoms with Crippen molar-refractivity contribution in [3.8, 4) is 5.75 Å². The van der Waals surface area contributed by atoms with Crippen molar-refractivity contribution in [2.45, 2.75) is 82.3 Å². The topological polar surface area (TPSA) is 113 Å². The summed E-state index contributed by atoms with van der Waals surface area (Å²) in [4.78, 5) is 27.6. The van der Waals surface area contributed by atoms with E-state index in [0.29, 0.717) is 30.6 Å². The lowest BCUT2D eigenvalue weighted by atomic mass is 9.68. The van der Waals surface area contributed by atoms with Crippen LogP contribution in [0.4, 0.5) is 5.69 Å². The van der Waals surface area contributed by atoms with Crippen LogP contribution in [-0.4, -0.2) is 50.3 Å². The van der Waals surface area contributed by atoms with Crippen LogP contribution < -0.4 is 14.4 Å². The van der Waals surface area contributed by atoms with Gasteiger partial charge < -0.3 is 14.7 Å². The number of nitrogens with one attached hydrogen (secondary N) is 1. The van der Waals surface area contributed by atoms with Crippen molar-refractivity contribution >= 4 is 39.2 Å². The molecule has 0 saturated heterocycles. The van der Waals surface area contributed by atoms with Gasteiger partial charge in [0.25, 0.3) is 5.91 Å². The summed E-state index contributed by atoms with van der Waals surface area (Å²) in [5.74, 6) is -0.343. The number of fused-ring (bicyclic) bond motifs is 4. The molecule has 0 unspecified atom stereocenters. The number of hydrogen-bond donors (Lipinski definition) is 2.